The van der Waals surface area contributed by atoms with Gasteiger partial charge >= 0.3 is 0 Å². The molecule has 108 valence electrons. The Morgan fingerprint density at radius 3 is 2.57 bits per heavy atom. The Labute approximate surface area is 131 Å². The molecule has 0 spiro atoms. The van der Waals surface area contributed by atoms with Crippen LogP contribution in [0.3, 0.4) is 0 Å². The molecule has 0 saturated carbocycles. The molecule has 0 radical (unpaired) electrons. The lowest BCUT2D eigenvalue weighted by Crippen LogP contribution is -2.02. The van der Waals surface area contributed by atoms with Crippen molar-refractivity contribution in [2.75, 3.05) is 0 Å². The lowest BCUT2D eigenvalue weighted by molar-refractivity contribution is 0.257. The fourth-order valence-electron chi connectivity index (χ4n) is 1.78. The summed E-state index contributed by atoms with van der Waals surface area (Å²) >= 11 is 11.8. The lowest BCUT2D eigenvalue weighted by atomic mass is 10.1. The third kappa shape index (κ3) is 3.64. The van der Waals surface area contributed by atoms with Crippen molar-refractivity contribution in [3.8, 4) is 11.8 Å². The molecule has 2 aromatic rings. The first kappa shape index (κ1) is 15.6. The summed E-state index contributed by atoms with van der Waals surface area (Å²) in [7, 11) is 0. The smallest absolute Gasteiger partial charge is 0.144 e. The van der Waals surface area contributed by atoms with Gasteiger partial charge in [0.05, 0.1) is 23.3 Å². The van der Waals surface area contributed by atoms with E-state index in [1.165, 1.54) is 24.3 Å². The maximum atomic E-state index is 13.8. The van der Waals surface area contributed by atoms with Crippen LogP contribution < -0.4 is 4.74 Å². The van der Waals surface area contributed by atoms with Gasteiger partial charge in [0.2, 0.25) is 0 Å². The number of hydrogen-bond donors (Lipinski definition) is 1. The van der Waals surface area contributed by atoms with E-state index in [1.807, 2.05) is 6.07 Å². The molecule has 0 aliphatic carbocycles. The van der Waals surface area contributed by atoms with Crippen molar-refractivity contribution in [2.24, 2.45) is 0 Å². The first-order chi connectivity index (χ1) is 10.0. The summed E-state index contributed by atoms with van der Waals surface area (Å²) in [5.41, 5.74) is 0.933. The number of hydrogen-bond acceptors (Lipinski definition) is 3. The summed E-state index contributed by atoms with van der Waals surface area (Å²) in [5.74, 6) is -0.281. The second-order valence-corrected chi connectivity index (χ2v) is 5.08. The third-order valence-electron chi connectivity index (χ3n) is 2.81. The fraction of sp³-hybridized carbons (Fsp3) is 0.133. The summed E-state index contributed by atoms with van der Waals surface area (Å²) in [4.78, 5) is 0. The van der Waals surface area contributed by atoms with Gasteiger partial charge in [0, 0.05) is 16.1 Å². The van der Waals surface area contributed by atoms with Crippen LogP contribution in [0.5, 0.6) is 5.75 Å². The molecule has 0 aliphatic heterocycles. The van der Waals surface area contributed by atoms with E-state index < -0.39 is 5.82 Å². The normalized spacial score (nSPS) is 10.2. The Morgan fingerprint density at radius 2 is 1.95 bits per heavy atom. The minimum Gasteiger partial charge on any atom is -0.487 e. The van der Waals surface area contributed by atoms with Crippen LogP contribution in [0.15, 0.2) is 30.3 Å². The summed E-state index contributed by atoms with van der Waals surface area (Å²) < 4.78 is 19.2. The number of nitrogens with zero attached hydrogens (tertiary/aromatic N) is 1. The van der Waals surface area contributed by atoms with Crippen molar-refractivity contribution in [2.45, 2.75) is 13.2 Å². The van der Waals surface area contributed by atoms with E-state index >= 15 is 0 Å². The number of aliphatic hydroxyl groups is 1. The van der Waals surface area contributed by atoms with Crippen molar-refractivity contribution in [3.05, 3.63) is 62.9 Å². The number of benzene rings is 2. The summed E-state index contributed by atoms with van der Waals surface area (Å²) in [6, 6.07) is 8.96. The summed E-state index contributed by atoms with van der Waals surface area (Å²) in [6.07, 6.45) is 0. The molecule has 0 unspecified atom stereocenters. The Bertz CT molecular complexity index is 714. The van der Waals surface area contributed by atoms with E-state index in [-0.39, 0.29) is 35.1 Å². The van der Waals surface area contributed by atoms with Crippen LogP contribution in [0.2, 0.25) is 10.0 Å². The molecular formula is C15H10Cl2FNO2. The zero-order valence-electron chi connectivity index (χ0n) is 10.7. The van der Waals surface area contributed by atoms with Gasteiger partial charge in [-0.1, -0.05) is 29.3 Å². The van der Waals surface area contributed by atoms with Gasteiger partial charge < -0.3 is 9.84 Å². The lowest BCUT2D eigenvalue weighted by Gasteiger charge is -2.13. The van der Waals surface area contributed by atoms with Gasteiger partial charge in [0.1, 0.15) is 18.2 Å². The first-order valence-electron chi connectivity index (χ1n) is 5.95. The molecule has 1 N–H and O–H groups in total. The minimum atomic E-state index is -0.537. The van der Waals surface area contributed by atoms with Crippen molar-refractivity contribution in [1.29, 1.82) is 5.26 Å². The molecular weight excluding hydrogens is 316 g/mol. The standard InChI is InChI=1S/C15H10Cl2FNO2/c16-12-4-11(7-20)15(13(17)5-12)21-8-10-2-1-9(6-19)3-14(10)18/h1-5,20H,7-8H2. The molecule has 3 nitrogen and oxygen atoms in total. The highest BCUT2D eigenvalue weighted by Crippen LogP contribution is 2.33. The average Bonchev–Trinajstić information content (AvgIpc) is 2.46. The van der Waals surface area contributed by atoms with E-state index in [9.17, 15) is 9.50 Å². The van der Waals surface area contributed by atoms with Crippen molar-refractivity contribution in [3.63, 3.8) is 0 Å². The highest BCUT2D eigenvalue weighted by Gasteiger charge is 2.12. The SMILES string of the molecule is N#Cc1ccc(COc2c(Cl)cc(Cl)cc2CO)c(F)c1. The Balaban J connectivity index is 2.23. The molecule has 6 heteroatoms. The summed E-state index contributed by atoms with van der Waals surface area (Å²) in [6.45, 7) is -0.378. The molecule has 0 fully saturated rings. The minimum absolute atomic E-state index is 0.0775. The molecule has 0 aromatic heterocycles. The van der Waals surface area contributed by atoms with Gasteiger partial charge in [-0.25, -0.2) is 4.39 Å². The van der Waals surface area contributed by atoms with Gasteiger partial charge in [0.25, 0.3) is 0 Å². The van der Waals surface area contributed by atoms with E-state index in [0.717, 1.165) is 6.07 Å². The molecule has 0 atom stereocenters. The van der Waals surface area contributed by atoms with Crippen LogP contribution in [-0.4, -0.2) is 5.11 Å². The quantitative estimate of drug-likeness (QED) is 0.921. The first-order valence-corrected chi connectivity index (χ1v) is 6.71. The number of rotatable bonds is 4. The Morgan fingerprint density at radius 1 is 1.19 bits per heavy atom. The van der Waals surface area contributed by atoms with E-state index in [0.29, 0.717) is 10.6 Å². The predicted octanol–water partition coefficient (Wildman–Crippen LogP) is 4.08. The Hall–Kier alpha value is -1.80. The highest BCUT2D eigenvalue weighted by molar-refractivity contribution is 6.35. The third-order valence-corrected chi connectivity index (χ3v) is 3.31. The zero-order chi connectivity index (χ0) is 15.4. The summed E-state index contributed by atoms with van der Waals surface area (Å²) in [5, 5.41) is 18.6. The van der Waals surface area contributed by atoms with Crippen LogP contribution in [0, 0.1) is 17.1 Å². The molecule has 0 heterocycles. The molecule has 21 heavy (non-hydrogen) atoms. The van der Waals surface area contributed by atoms with Crippen LogP contribution in [0.1, 0.15) is 16.7 Å². The van der Waals surface area contributed by atoms with Crippen molar-refractivity contribution in [1.82, 2.24) is 0 Å². The fourth-order valence-corrected chi connectivity index (χ4v) is 2.37. The number of halogens is 3. The molecule has 2 aromatic carbocycles. The van der Waals surface area contributed by atoms with Crippen LogP contribution in [-0.2, 0) is 13.2 Å². The molecule has 2 rings (SSSR count). The average molecular weight is 326 g/mol. The van der Waals surface area contributed by atoms with E-state index in [4.69, 9.17) is 33.2 Å². The van der Waals surface area contributed by atoms with Crippen LogP contribution in [0.4, 0.5) is 4.39 Å². The molecule has 0 aliphatic rings. The Kier molecular flexibility index (Phi) is 5.03. The van der Waals surface area contributed by atoms with Crippen molar-refractivity contribution >= 4 is 23.2 Å². The van der Waals surface area contributed by atoms with Gasteiger partial charge in [0.15, 0.2) is 0 Å². The highest BCUT2D eigenvalue weighted by atomic mass is 35.5. The van der Waals surface area contributed by atoms with E-state index in [2.05, 4.69) is 0 Å². The second kappa shape index (κ2) is 6.77. The molecule has 0 amide bonds. The maximum Gasteiger partial charge on any atom is 0.144 e. The zero-order valence-corrected chi connectivity index (χ0v) is 12.2. The molecule has 0 bridgehead atoms. The van der Waals surface area contributed by atoms with Gasteiger partial charge in [-0.05, 0) is 24.3 Å². The van der Waals surface area contributed by atoms with Crippen LogP contribution in [0.25, 0.3) is 0 Å². The van der Waals surface area contributed by atoms with Gasteiger partial charge in [-0.15, -0.1) is 0 Å². The molecule has 0 saturated heterocycles. The topological polar surface area (TPSA) is 53.2 Å². The number of ether oxygens (including phenoxy) is 1. The largest absolute Gasteiger partial charge is 0.487 e. The van der Waals surface area contributed by atoms with Gasteiger partial charge in [-0.3, -0.25) is 0 Å². The monoisotopic (exact) mass is 325 g/mol. The van der Waals surface area contributed by atoms with Crippen molar-refractivity contribution < 1.29 is 14.2 Å². The van der Waals surface area contributed by atoms with Crippen LogP contribution >= 0.6 is 23.2 Å². The second-order valence-electron chi connectivity index (χ2n) is 4.24. The van der Waals surface area contributed by atoms with E-state index in [1.54, 1.807) is 0 Å². The number of aliphatic hydroxyl groups excluding tert-OH is 1. The van der Waals surface area contributed by atoms with Gasteiger partial charge in [-0.2, -0.15) is 5.26 Å². The number of nitriles is 1. The predicted molar refractivity (Wildman–Crippen MR) is 77.8 cm³/mol. The maximum absolute atomic E-state index is 13.8.